The van der Waals surface area contributed by atoms with E-state index in [9.17, 15) is 9.18 Å². The first-order valence-electron chi connectivity index (χ1n) is 10.8. The Kier molecular flexibility index (Phi) is 5.84. The van der Waals surface area contributed by atoms with Crippen molar-refractivity contribution < 1.29 is 9.18 Å². The number of aromatic nitrogens is 1. The van der Waals surface area contributed by atoms with Crippen LogP contribution in [0.3, 0.4) is 0 Å². The van der Waals surface area contributed by atoms with Crippen LogP contribution in [0, 0.1) is 5.82 Å². The Morgan fingerprint density at radius 2 is 1.64 bits per heavy atom. The number of halogens is 2. The van der Waals surface area contributed by atoms with Crippen LogP contribution in [-0.2, 0) is 0 Å². The summed E-state index contributed by atoms with van der Waals surface area (Å²) < 4.78 is 14.0. The number of piperazine rings is 1. The second kappa shape index (κ2) is 9.08. The fourth-order valence-electron chi connectivity index (χ4n) is 4.13. The summed E-state index contributed by atoms with van der Waals surface area (Å²) in [6.45, 7) is 3.32. The lowest BCUT2D eigenvalue weighted by Crippen LogP contribution is -2.46. The average molecular weight is 461 g/mol. The quantitative estimate of drug-likeness (QED) is 0.430. The molecule has 1 N–H and O–H groups in total. The van der Waals surface area contributed by atoms with Crippen molar-refractivity contribution in [2.75, 3.05) is 41.3 Å². The van der Waals surface area contributed by atoms with Crippen molar-refractivity contribution in [1.82, 2.24) is 4.98 Å². The fraction of sp³-hybridized carbons (Fsp3) is 0.154. The van der Waals surface area contributed by atoms with E-state index in [1.165, 1.54) is 6.07 Å². The van der Waals surface area contributed by atoms with Crippen molar-refractivity contribution in [1.29, 1.82) is 0 Å². The number of pyridine rings is 1. The molecule has 5 nitrogen and oxygen atoms in total. The van der Waals surface area contributed by atoms with Crippen LogP contribution in [0.1, 0.15) is 10.4 Å². The summed E-state index contributed by atoms with van der Waals surface area (Å²) >= 11 is 6.02. The molecule has 33 heavy (non-hydrogen) atoms. The maximum absolute atomic E-state index is 14.0. The van der Waals surface area contributed by atoms with Gasteiger partial charge in [-0.2, -0.15) is 0 Å². The van der Waals surface area contributed by atoms with Crippen LogP contribution < -0.4 is 15.1 Å². The summed E-state index contributed by atoms with van der Waals surface area (Å²) in [5.41, 5.74) is 1.77. The number of amides is 1. The lowest BCUT2D eigenvalue weighted by molar-refractivity contribution is 0.102. The third kappa shape index (κ3) is 4.47. The molecule has 0 atom stereocenters. The predicted molar refractivity (Wildman–Crippen MR) is 132 cm³/mol. The SMILES string of the molecule is O=C(Nc1ccccc1F)c1ccc2ccnc(N3CCN(c4ccc(Cl)cc4)CC3)c2c1. The Morgan fingerprint density at radius 1 is 0.909 bits per heavy atom. The molecule has 5 rings (SSSR count). The van der Waals surface area contributed by atoms with E-state index in [1.54, 1.807) is 30.5 Å². The van der Waals surface area contributed by atoms with Gasteiger partial charge in [0.15, 0.2) is 0 Å². The lowest BCUT2D eigenvalue weighted by atomic mass is 10.1. The molecule has 0 unspecified atom stereocenters. The molecule has 0 aliphatic carbocycles. The highest BCUT2D eigenvalue weighted by atomic mass is 35.5. The Balaban J connectivity index is 1.37. The van der Waals surface area contributed by atoms with Crippen molar-refractivity contribution >= 4 is 45.5 Å². The second-order valence-electron chi connectivity index (χ2n) is 7.95. The zero-order chi connectivity index (χ0) is 22.8. The van der Waals surface area contributed by atoms with E-state index in [1.807, 2.05) is 42.5 Å². The first-order valence-corrected chi connectivity index (χ1v) is 11.2. The minimum absolute atomic E-state index is 0.160. The molecule has 0 radical (unpaired) electrons. The van der Waals surface area contributed by atoms with Crippen molar-refractivity contribution in [3.05, 3.63) is 95.4 Å². The van der Waals surface area contributed by atoms with Crippen LogP contribution in [0.15, 0.2) is 79.0 Å². The summed E-state index contributed by atoms with van der Waals surface area (Å²) in [6, 6.07) is 21.4. The van der Waals surface area contributed by atoms with Gasteiger partial charge in [-0.25, -0.2) is 9.37 Å². The first kappa shape index (κ1) is 21.2. The van der Waals surface area contributed by atoms with Gasteiger partial charge in [0.25, 0.3) is 5.91 Å². The number of rotatable bonds is 4. The predicted octanol–water partition coefficient (Wildman–Crippen LogP) is 5.61. The molecule has 1 fully saturated rings. The number of nitrogens with one attached hydrogen (secondary N) is 1. The Bertz CT molecular complexity index is 1300. The van der Waals surface area contributed by atoms with Gasteiger partial charge in [-0.1, -0.05) is 29.8 Å². The number of benzene rings is 3. The molecule has 7 heteroatoms. The van der Waals surface area contributed by atoms with E-state index in [4.69, 9.17) is 11.6 Å². The van der Waals surface area contributed by atoms with Gasteiger partial charge in [0.05, 0.1) is 5.69 Å². The van der Waals surface area contributed by atoms with E-state index in [0.29, 0.717) is 5.56 Å². The van der Waals surface area contributed by atoms with Gasteiger partial charge in [-0.05, 0) is 60.0 Å². The molecule has 2 heterocycles. The van der Waals surface area contributed by atoms with Crippen molar-refractivity contribution in [3.63, 3.8) is 0 Å². The average Bonchev–Trinajstić information content (AvgIpc) is 2.85. The van der Waals surface area contributed by atoms with Gasteiger partial charge in [0, 0.05) is 54.0 Å². The molecule has 166 valence electrons. The van der Waals surface area contributed by atoms with Crippen LogP contribution in [0.25, 0.3) is 10.8 Å². The second-order valence-corrected chi connectivity index (χ2v) is 8.39. The number of fused-ring (bicyclic) bond motifs is 1. The number of anilines is 3. The van der Waals surface area contributed by atoms with Gasteiger partial charge in [0.1, 0.15) is 11.6 Å². The van der Waals surface area contributed by atoms with Gasteiger partial charge in [0.2, 0.25) is 0 Å². The van der Waals surface area contributed by atoms with E-state index in [-0.39, 0.29) is 11.6 Å². The molecule has 0 spiro atoms. The zero-order valence-corrected chi connectivity index (χ0v) is 18.6. The van der Waals surface area contributed by atoms with E-state index < -0.39 is 5.82 Å². The molecule has 1 saturated heterocycles. The number of carbonyl (C=O) groups excluding carboxylic acids is 1. The first-order chi connectivity index (χ1) is 16.1. The van der Waals surface area contributed by atoms with Crippen LogP contribution >= 0.6 is 11.6 Å². The molecular formula is C26H22ClFN4O. The molecule has 4 aromatic rings. The third-order valence-corrected chi connectivity index (χ3v) is 6.15. The highest BCUT2D eigenvalue weighted by molar-refractivity contribution is 6.30. The van der Waals surface area contributed by atoms with Gasteiger partial charge in [-0.3, -0.25) is 4.79 Å². The van der Waals surface area contributed by atoms with Crippen LogP contribution in [0.4, 0.5) is 21.6 Å². The largest absolute Gasteiger partial charge is 0.368 e. The van der Waals surface area contributed by atoms with E-state index in [0.717, 1.165) is 53.5 Å². The Morgan fingerprint density at radius 3 is 2.39 bits per heavy atom. The highest BCUT2D eigenvalue weighted by Crippen LogP contribution is 2.28. The van der Waals surface area contributed by atoms with Gasteiger partial charge < -0.3 is 15.1 Å². The van der Waals surface area contributed by atoms with Crippen molar-refractivity contribution in [2.45, 2.75) is 0 Å². The van der Waals surface area contributed by atoms with Crippen molar-refractivity contribution in [2.24, 2.45) is 0 Å². The van der Waals surface area contributed by atoms with E-state index in [2.05, 4.69) is 20.1 Å². The van der Waals surface area contributed by atoms with Crippen molar-refractivity contribution in [3.8, 4) is 0 Å². The number of hydrogen-bond acceptors (Lipinski definition) is 4. The molecule has 0 saturated carbocycles. The standard InChI is InChI=1S/C26H22ClFN4O/c27-20-7-9-21(10-8-20)31-13-15-32(16-14-31)25-22-17-19(6-5-18(22)11-12-29-25)26(33)30-24-4-2-1-3-23(24)28/h1-12,17H,13-16H2,(H,30,33). The molecule has 1 aliphatic rings. The minimum atomic E-state index is -0.465. The number of carbonyl (C=O) groups is 1. The van der Waals surface area contributed by atoms with Crippen LogP contribution in [0.5, 0.6) is 0 Å². The summed E-state index contributed by atoms with van der Waals surface area (Å²) in [5, 5.41) is 5.29. The molecule has 0 bridgehead atoms. The minimum Gasteiger partial charge on any atom is -0.368 e. The monoisotopic (exact) mass is 460 g/mol. The smallest absolute Gasteiger partial charge is 0.255 e. The summed E-state index contributed by atoms with van der Waals surface area (Å²) in [4.78, 5) is 22.0. The van der Waals surface area contributed by atoms with Crippen LogP contribution in [-0.4, -0.2) is 37.1 Å². The highest BCUT2D eigenvalue weighted by Gasteiger charge is 2.20. The van der Waals surface area contributed by atoms with Gasteiger partial charge >= 0.3 is 0 Å². The summed E-state index contributed by atoms with van der Waals surface area (Å²) in [5.74, 6) is 0.0284. The summed E-state index contributed by atoms with van der Waals surface area (Å²) in [7, 11) is 0. The number of para-hydroxylation sites is 1. The maximum atomic E-state index is 14.0. The molecule has 1 aromatic heterocycles. The molecule has 3 aromatic carbocycles. The Hall–Kier alpha value is -3.64. The number of hydrogen-bond donors (Lipinski definition) is 1. The normalized spacial score (nSPS) is 13.9. The Labute approximate surface area is 196 Å². The molecule has 1 aliphatic heterocycles. The topological polar surface area (TPSA) is 48.5 Å². The lowest BCUT2D eigenvalue weighted by Gasteiger charge is -2.37. The van der Waals surface area contributed by atoms with Crippen LogP contribution in [0.2, 0.25) is 5.02 Å². The maximum Gasteiger partial charge on any atom is 0.255 e. The summed E-state index contributed by atoms with van der Waals surface area (Å²) in [6.07, 6.45) is 1.79. The zero-order valence-electron chi connectivity index (χ0n) is 17.8. The molecule has 1 amide bonds. The number of nitrogens with zero attached hydrogens (tertiary/aromatic N) is 3. The molecular weight excluding hydrogens is 439 g/mol. The van der Waals surface area contributed by atoms with E-state index >= 15 is 0 Å². The third-order valence-electron chi connectivity index (χ3n) is 5.90. The fourth-order valence-corrected chi connectivity index (χ4v) is 4.26. The van der Waals surface area contributed by atoms with Gasteiger partial charge in [-0.15, -0.1) is 0 Å².